The van der Waals surface area contributed by atoms with Crippen LogP contribution >= 0.6 is 0 Å². The summed E-state index contributed by atoms with van der Waals surface area (Å²) in [5.74, 6) is 0.552. The van der Waals surface area contributed by atoms with Crippen molar-refractivity contribution in [3.8, 4) is 11.3 Å². The summed E-state index contributed by atoms with van der Waals surface area (Å²) in [6.45, 7) is 3.72. The number of carbonyl (C=O) groups excluding carboxylic acids is 1. The maximum Gasteiger partial charge on any atom is 0.323 e. The van der Waals surface area contributed by atoms with Gasteiger partial charge in [0, 0.05) is 30.8 Å². The molecule has 0 spiro atoms. The monoisotopic (exact) mass is 375 g/mol. The highest BCUT2D eigenvalue weighted by molar-refractivity contribution is 6.00. The molecule has 0 bridgehead atoms. The molecule has 0 unspecified atom stereocenters. The summed E-state index contributed by atoms with van der Waals surface area (Å²) in [6, 6.07) is 18.0. The number of hydrogen-bond acceptors (Lipinski definition) is 2. The minimum absolute atomic E-state index is 0.256. The van der Waals surface area contributed by atoms with Gasteiger partial charge in [-0.05, 0) is 61.1 Å². The van der Waals surface area contributed by atoms with E-state index in [1.807, 2.05) is 30.3 Å². The summed E-state index contributed by atoms with van der Waals surface area (Å²) in [7, 11) is 0. The summed E-state index contributed by atoms with van der Waals surface area (Å²) in [4.78, 5) is 15.5. The Morgan fingerprint density at radius 2 is 1.75 bits per heavy atom. The molecule has 1 aromatic heterocycles. The molecular weight excluding hydrogens is 350 g/mol. The quantitative estimate of drug-likeness (QED) is 0.561. The Morgan fingerprint density at radius 3 is 2.50 bits per heavy atom. The fourth-order valence-electron chi connectivity index (χ4n) is 3.61. The zero-order valence-corrected chi connectivity index (χ0v) is 16.0. The number of aryl methyl sites for hydroxylation is 1. The summed E-state index contributed by atoms with van der Waals surface area (Å²) < 4.78 is 5.42. The number of nitrogens with one attached hydrogen (secondary N) is 3. The van der Waals surface area contributed by atoms with Gasteiger partial charge in [0.05, 0.1) is 5.69 Å². The molecule has 0 atom stereocenters. The molecule has 2 amide bonds. The van der Waals surface area contributed by atoms with Crippen molar-refractivity contribution in [2.45, 2.75) is 25.7 Å². The number of aromatic amines is 1. The van der Waals surface area contributed by atoms with E-state index >= 15 is 0 Å². The summed E-state index contributed by atoms with van der Waals surface area (Å²) in [6.07, 6.45) is 3.92. The fraction of sp³-hybridized carbons (Fsp3) is 0.261. The van der Waals surface area contributed by atoms with Crippen LogP contribution in [-0.2, 0) is 4.74 Å². The van der Waals surface area contributed by atoms with Gasteiger partial charge in [-0.3, -0.25) is 0 Å². The van der Waals surface area contributed by atoms with Crippen molar-refractivity contribution in [2.24, 2.45) is 0 Å². The van der Waals surface area contributed by atoms with Gasteiger partial charge in [-0.15, -0.1) is 0 Å². The molecule has 0 radical (unpaired) electrons. The molecule has 0 aliphatic carbocycles. The molecule has 1 fully saturated rings. The van der Waals surface area contributed by atoms with Gasteiger partial charge in [0.2, 0.25) is 0 Å². The lowest BCUT2D eigenvalue weighted by atomic mass is 9.92. The lowest BCUT2D eigenvalue weighted by molar-refractivity contribution is 0.0853. The standard InChI is InChI=1S/C23H25N3O2/c1-16-3-2-4-19(13-16)22-14-21(15-24-22)26-23(27)25-20-7-5-17(6-8-20)18-9-11-28-12-10-18/h2-8,13-15,18,24H,9-12H2,1H3,(H2,25,26,27). The Bertz CT molecular complexity index is 940. The van der Waals surface area contributed by atoms with Gasteiger partial charge in [0.1, 0.15) is 0 Å². The molecule has 0 saturated carbocycles. The largest absolute Gasteiger partial charge is 0.381 e. The van der Waals surface area contributed by atoms with Crippen molar-refractivity contribution in [1.29, 1.82) is 0 Å². The molecule has 1 aliphatic heterocycles. The van der Waals surface area contributed by atoms with Crippen LogP contribution in [0.4, 0.5) is 16.2 Å². The second-order valence-corrected chi connectivity index (χ2v) is 7.26. The van der Waals surface area contributed by atoms with Crippen LogP contribution in [0.5, 0.6) is 0 Å². The van der Waals surface area contributed by atoms with Crippen molar-refractivity contribution in [1.82, 2.24) is 4.98 Å². The molecule has 5 heteroatoms. The van der Waals surface area contributed by atoms with E-state index in [0.717, 1.165) is 48.7 Å². The Hall–Kier alpha value is -3.05. The average molecular weight is 375 g/mol. The van der Waals surface area contributed by atoms with Gasteiger partial charge in [0.15, 0.2) is 0 Å². The van der Waals surface area contributed by atoms with Crippen LogP contribution in [0, 0.1) is 6.92 Å². The van der Waals surface area contributed by atoms with Gasteiger partial charge in [0.25, 0.3) is 0 Å². The van der Waals surface area contributed by atoms with Crippen LogP contribution in [0.2, 0.25) is 0 Å². The number of ether oxygens (including phenoxy) is 1. The first-order chi connectivity index (χ1) is 13.7. The van der Waals surface area contributed by atoms with Crippen molar-refractivity contribution in [2.75, 3.05) is 23.8 Å². The number of amides is 2. The minimum atomic E-state index is -0.256. The highest BCUT2D eigenvalue weighted by Gasteiger charge is 2.15. The van der Waals surface area contributed by atoms with Crippen molar-refractivity contribution < 1.29 is 9.53 Å². The number of urea groups is 1. The zero-order valence-electron chi connectivity index (χ0n) is 16.0. The predicted octanol–water partition coefficient (Wildman–Crippen LogP) is 5.53. The highest BCUT2D eigenvalue weighted by atomic mass is 16.5. The third kappa shape index (κ3) is 4.43. The number of anilines is 2. The molecule has 144 valence electrons. The molecule has 3 N–H and O–H groups in total. The van der Waals surface area contributed by atoms with Crippen LogP contribution in [-0.4, -0.2) is 24.2 Å². The second kappa shape index (κ2) is 8.31. The molecule has 1 aliphatic rings. The van der Waals surface area contributed by atoms with Crippen LogP contribution in [0.3, 0.4) is 0 Å². The molecule has 2 heterocycles. The van der Waals surface area contributed by atoms with Crippen molar-refractivity contribution in [3.05, 3.63) is 71.9 Å². The van der Waals surface area contributed by atoms with E-state index in [-0.39, 0.29) is 6.03 Å². The summed E-state index contributed by atoms with van der Waals surface area (Å²) >= 11 is 0. The summed E-state index contributed by atoms with van der Waals surface area (Å²) in [5, 5.41) is 5.77. The van der Waals surface area contributed by atoms with Crippen molar-refractivity contribution >= 4 is 17.4 Å². The van der Waals surface area contributed by atoms with E-state index in [1.165, 1.54) is 11.1 Å². The first-order valence-electron chi connectivity index (χ1n) is 9.68. The lowest BCUT2D eigenvalue weighted by Gasteiger charge is -2.22. The number of aromatic nitrogens is 1. The lowest BCUT2D eigenvalue weighted by Crippen LogP contribution is -2.19. The SMILES string of the molecule is Cc1cccc(-c2cc(NC(=O)Nc3ccc(C4CCOCC4)cc3)c[nH]2)c1. The van der Waals surface area contributed by atoms with Crippen LogP contribution in [0.25, 0.3) is 11.3 Å². The topological polar surface area (TPSA) is 66.2 Å². The fourth-order valence-corrected chi connectivity index (χ4v) is 3.61. The van der Waals surface area contributed by atoms with Crippen molar-refractivity contribution in [3.63, 3.8) is 0 Å². The third-order valence-electron chi connectivity index (χ3n) is 5.13. The maximum absolute atomic E-state index is 12.3. The Labute approximate surface area is 165 Å². The molecule has 2 aromatic carbocycles. The molecule has 3 aromatic rings. The zero-order chi connectivity index (χ0) is 19.3. The minimum Gasteiger partial charge on any atom is -0.381 e. The normalized spacial score (nSPS) is 14.6. The molecular formula is C23H25N3O2. The van der Waals surface area contributed by atoms with Gasteiger partial charge < -0.3 is 20.4 Å². The van der Waals surface area contributed by atoms with E-state index < -0.39 is 0 Å². The Kier molecular flexibility index (Phi) is 5.44. The van der Waals surface area contributed by atoms with Crippen LogP contribution in [0.1, 0.15) is 29.9 Å². The number of hydrogen-bond donors (Lipinski definition) is 3. The van der Waals surface area contributed by atoms with Gasteiger partial charge in [-0.25, -0.2) is 4.79 Å². The number of benzene rings is 2. The number of carbonyl (C=O) groups is 1. The molecule has 28 heavy (non-hydrogen) atoms. The maximum atomic E-state index is 12.3. The third-order valence-corrected chi connectivity index (χ3v) is 5.13. The first kappa shape index (κ1) is 18.3. The summed E-state index contributed by atoms with van der Waals surface area (Å²) in [5.41, 5.74) is 6.08. The Balaban J connectivity index is 1.35. The predicted molar refractivity (Wildman–Crippen MR) is 113 cm³/mol. The van der Waals surface area contributed by atoms with Crippen LogP contribution in [0.15, 0.2) is 60.8 Å². The average Bonchev–Trinajstić information content (AvgIpc) is 3.17. The van der Waals surface area contributed by atoms with E-state index in [0.29, 0.717) is 5.92 Å². The molecule has 1 saturated heterocycles. The first-order valence-corrected chi connectivity index (χ1v) is 9.68. The smallest absolute Gasteiger partial charge is 0.323 e. The van der Waals surface area contributed by atoms with E-state index in [1.54, 1.807) is 6.20 Å². The highest BCUT2D eigenvalue weighted by Crippen LogP contribution is 2.28. The molecule has 4 rings (SSSR count). The van der Waals surface area contributed by atoms with Gasteiger partial charge in [-0.2, -0.15) is 0 Å². The molecule has 5 nitrogen and oxygen atoms in total. The van der Waals surface area contributed by atoms with E-state index in [9.17, 15) is 4.79 Å². The van der Waals surface area contributed by atoms with E-state index in [2.05, 4.69) is 46.8 Å². The van der Waals surface area contributed by atoms with Crippen LogP contribution < -0.4 is 10.6 Å². The van der Waals surface area contributed by atoms with E-state index in [4.69, 9.17) is 4.74 Å². The number of H-pyrrole nitrogens is 1. The second-order valence-electron chi connectivity index (χ2n) is 7.26. The van der Waals surface area contributed by atoms with Gasteiger partial charge in [-0.1, -0.05) is 35.9 Å². The van der Waals surface area contributed by atoms with Gasteiger partial charge >= 0.3 is 6.03 Å². The number of rotatable bonds is 4. The Morgan fingerprint density at radius 1 is 1.00 bits per heavy atom.